The van der Waals surface area contributed by atoms with E-state index >= 15 is 0 Å². The van der Waals surface area contributed by atoms with Crippen LogP contribution in [0.25, 0.3) is 5.69 Å². The van der Waals surface area contributed by atoms with Crippen LogP contribution in [0.1, 0.15) is 24.2 Å². The molecule has 1 N–H and O–H groups in total. The Morgan fingerprint density at radius 2 is 1.82 bits per heavy atom. The Hall–Kier alpha value is -3.13. The van der Waals surface area contributed by atoms with E-state index in [2.05, 4.69) is 21.7 Å². The van der Waals surface area contributed by atoms with E-state index in [0.29, 0.717) is 5.56 Å². The highest BCUT2D eigenvalue weighted by molar-refractivity contribution is 5.48. The molecule has 1 heterocycles. The second-order valence-electron chi connectivity index (χ2n) is 4.98. The van der Waals surface area contributed by atoms with Crippen molar-refractivity contribution in [1.82, 2.24) is 15.0 Å². The molecule has 1 unspecified atom stereocenters. The minimum absolute atomic E-state index is 0.0189. The van der Waals surface area contributed by atoms with E-state index in [1.807, 2.05) is 55.6 Å². The lowest BCUT2D eigenvalue weighted by atomic mass is 10.2. The third kappa shape index (κ3) is 2.96. The summed E-state index contributed by atoms with van der Waals surface area (Å²) in [4.78, 5) is 0. The van der Waals surface area contributed by atoms with Gasteiger partial charge in [-0.15, -0.1) is 5.10 Å². The predicted molar refractivity (Wildman–Crippen MR) is 84.6 cm³/mol. The van der Waals surface area contributed by atoms with Gasteiger partial charge in [0.15, 0.2) is 0 Å². The SMILES string of the molecule is CC(Nc1ccc(C#N)cc1)c1cn(-c2ccccc2)nn1. The van der Waals surface area contributed by atoms with E-state index in [9.17, 15) is 0 Å². The normalized spacial score (nSPS) is 11.6. The number of hydrogen-bond donors (Lipinski definition) is 1. The van der Waals surface area contributed by atoms with Crippen molar-refractivity contribution in [2.24, 2.45) is 0 Å². The van der Waals surface area contributed by atoms with Crippen molar-refractivity contribution in [2.75, 3.05) is 5.32 Å². The highest BCUT2D eigenvalue weighted by atomic mass is 15.4. The van der Waals surface area contributed by atoms with Crippen molar-refractivity contribution < 1.29 is 0 Å². The number of hydrogen-bond acceptors (Lipinski definition) is 4. The number of nitrogens with one attached hydrogen (secondary N) is 1. The standard InChI is InChI=1S/C17H15N5/c1-13(19-15-9-7-14(11-18)8-10-15)17-12-22(21-20-17)16-5-3-2-4-6-16/h2-10,12-13,19H,1H3. The Labute approximate surface area is 128 Å². The summed E-state index contributed by atoms with van der Waals surface area (Å²) in [6.45, 7) is 2.03. The van der Waals surface area contributed by atoms with Crippen LogP contribution in [0.2, 0.25) is 0 Å². The third-order valence-electron chi connectivity index (χ3n) is 3.37. The lowest BCUT2D eigenvalue weighted by molar-refractivity contribution is 0.781. The van der Waals surface area contributed by atoms with Gasteiger partial charge < -0.3 is 5.32 Å². The van der Waals surface area contributed by atoms with Crippen LogP contribution in [-0.4, -0.2) is 15.0 Å². The number of nitrogens with zero attached hydrogens (tertiary/aromatic N) is 4. The molecule has 0 aliphatic heterocycles. The van der Waals surface area contributed by atoms with Crippen molar-refractivity contribution in [1.29, 1.82) is 5.26 Å². The number of nitriles is 1. The second kappa shape index (κ2) is 6.10. The van der Waals surface area contributed by atoms with Crippen LogP contribution in [0.3, 0.4) is 0 Å². The van der Waals surface area contributed by atoms with Crippen LogP contribution in [-0.2, 0) is 0 Å². The molecule has 0 bridgehead atoms. The maximum absolute atomic E-state index is 8.81. The third-order valence-corrected chi connectivity index (χ3v) is 3.37. The Kier molecular flexibility index (Phi) is 3.84. The summed E-state index contributed by atoms with van der Waals surface area (Å²) in [5.74, 6) is 0. The maximum atomic E-state index is 8.81. The van der Waals surface area contributed by atoms with E-state index in [1.165, 1.54) is 0 Å². The Morgan fingerprint density at radius 3 is 2.50 bits per heavy atom. The van der Waals surface area contributed by atoms with E-state index in [0.717, 1.165) is 17.1 Å². The van der Waals surface area contributed by atoms with E-state index in [-0.39, 0.29) is 6.04 Å². The first-order valence-electron chi connectivity index (χ1n) is 7.00. The maximum Gasteiger partial charge on any atom is 0.105 e. The highest BCUT2D eigenvalue weighted by Crippen LogP contribution is 2.18. The zero-order valence-corrected chi connectivity index (χ0v) is 12.1. The second-order valence-corrected chi connectivity index (χ2v) is 4.98. The van der Waals surface area contributed by atoms with Crippen LogP contribution in [0.15, 0.2) is 60.8 Å². The van der Waals surface area contributed by atoms with Gasteiger partial charge in [-0.25, -0.2) is 4.68 Å². The van der Waals surface area contributed by atoms with Crippen LogP contribution in [0.5, 0.6) is 0 Å². The highest BCUT2D eigenvalue weighted by Gasteiger charge is 2.10. The van der Waals surface area contributed by atoms with Gasteiger partial charge in [0.2, 0.25) is 0 Å². The van der Waals surface area contributed by atoms with Gasteiger partial charge >= 0.3 is 0 Å². The molecule has 3 aromatic rings. The molecule has 108 valence electrons. The Bertz CT molecular complexity index is 784. The predicted octanol–water partition coefficient (Wildman–Crippen LogP) is 3.31. The fourth-order valence-electron chi connectivity index (χ4n) is 2.15. The lowest BCUT2D eigenvalue weighted by Crippen LogP contribution is -2.07. The van der Waals surface area contributed by atoms with Gasteiger partial charge in [-0.3, -0.25) is 0 Å². The van der Waals surface area contributed by atoms with Crippen molar-refractivity contribution in [3.63, 3.8) is 0 Å². The number of aromatic nitrogens is 3. The molecule has 1 aromatic heterocycles. The monoisotopic (exact) mass is 289 g/mol. The van der Waals surface area contributed by atoms with Crippen LogP contribution < -0.4 is 5.32 Å². The van der Waals surface area contributed by atoms with Crippen molar-refractivity contribution in [3.8, 4) is 11.8 Å². The number of benzene rings is 2. The van der Waals surface area contributed by atoms with Crippen LogP contribution >= 0.6 is 0 Å². The van der Waals surface area contributed by atoms with E-state index < -0.39 is 0 Å². The summed E-state index contributed by atoms with van der Waals surface area (Å²) in [7, 11) is 0. The summed E-state index contributed by atoms with van der Waals surface area (Å²) in [6, 6.07) is 19.3. The molecular weight excluding hydrogens is 274 g/mol. The number of para-hydroxylation sites is 1. The largest absolute Gasteiger partial charge is 0.377 e. The zero-order valence-electron chi connectivity index (χ0n) is 12.1. The summed E-state index contributed by atoms with van der Waals surface area (Å²) < 4.78 is 1.76. The minimum Gasteiger partial charge on any atom is -0.377 e. The first-order chi connectivity index (χ1) is 10.8. The van der Waals surface area contributed by atoms with E-state index in [4.69, 9.17) is 5.26 Å². The number of rotatable bonds is 4. The van der Waals surface area contributed by atoms with Crippen molar-refractivity contribution >= 4 is 5.69 Å². The molecule has 5 heteroatoms. The summed E-state index contributed by atoms with van der Waals surface area (Å²) >= 11 is 0. The average Bonchev–Trinajstić information content (AvgIpc) is 3.06. The molecule has 0 aliphatic rings. The first kappa shape index (κ1) is 13.8. The van der Waals surface area contributed by atoms with E-state index in [1.54, 1.807) is 16.8 Å². The first-order valence-corrected chi connectivity index (χ1v) is 7.00. The van der Waals surface area contributed by atoms with Gasteiger partial charge in [-0.05, 0) is 43.3 Å². The Balaban J connectivity index is 1.74. The quantitative estimate of drug-likeness (QED) is 0.800. The average molecular weight is 289 g/mol. The fraction of sp³-hybridized carbons (Fsp3) is 0.118. The molecule has 1 atom stereocenters. The van der Waals surface area contributed by atoms with Crippen LogP contribution in [0.4, 0.5) is 5.69 Å². The lowest BCUT2D eigenvalue weighted by Gasteiger charge is -2.12. The molecule has 2 aromatic carbocycles. The molecule has 0 radical (unpaired) electrons. The molecule has 22 heavy (non-hydrogen) atoms. The molecule has 0 saturated heterocycles. The fourth-order valence-corrected chi connectivity index (χ4v) is 2.15. The van der Waals surface area contributed by atoms with Crippen molar-refractivity contribution in [2.45, 2.75) is 13.0 Å². The molecule has 3 rings (SSSR count). The van der Waals surface area contributed by atoms with Gasteiger partial charge in [0.1, 0.15) is 5.69 Å². The van der Waals surface area contributed by atoms with Gasteiger partial charge in [0.05, 0.1) is 29.6 Å². The van der Waals surface area contributed by atoms with Crippen LogP contribution in [0, 0.1) is 11.3 Å². The van der Waals surface area contributed by atoms with Gasteiger partial charge in [0.25, 0.3) is 0 Å². The molecular formula is C17H15N5. The molecule has 5 nitrogen and oxygen atoms in total. The minimum atomic E-state index is 0.0189. The molecule has 0 aliphatic carbocycles. The molecule has 0 amide bonds. The smallest absolute Gasteiger partial charge is 0.105 e. The topological polar surface area (TPSA) is 66.5 Å². The molecule has 0 fully saturated rings. The Morgan fingerprint density at radius 1 is 1.09 bits per heavy atom. The van der Waals surface area contributed by atoms with Crippen molar-refractivity contribution in [3.05, 3.63) is 72.1 Å². The van der Waals surface area contributed by atoms with Gasteiger partial charge in [-0.1, -0.05) is 23.4 Å². The molecule has 0 spiro atoms. The summed E-state index contributed by atoms with van der Waals surface area (Å²) in [5.41, 5.74) is 3.43. The summed E-state index contributed by atoms with van der Waals surface area (Å²) in [6.07, 6.45) is 1.91. The van der Waals surface area contributed by atoms with Gasteiger partial charge in [0, 0.05) is 5.69 Å². The van der Waals surface area contributed by atoms with Gasteiger partial charge in [-0.2, -0.15) is 5.26 Å². The number of anilines is 1. The summed E-state index contributed by atoms with van der Waals surface area (Å²) in [5, 5.41) is 20.5. The molecule has 0 saturated carbocycles. The zero-order chi connectivity index (χ0) is 15.4.